The molecular formula is C16H23N3O3S2. The maximum absolute atomic E-state index is 13.2. The molecule has 1 aromatic rings. The Labute approximate surface area is 146 Å². The minimum absolute atomic E-state index is 0.0982. The Hall–Kier alpha value is -0.960. The molecule has 1 aromatic heterocycles. The van der Waals surface area contributed by atoms with E-state index in [2.05, 4.69) is 5.32 Å². The second kappa shape index (κ2) is 6.40. The van der Waals surface area contributed by atoms with Crippen LogP contribution >= 0.6 is 11.3 Å². The zero-order chi connectivity index (χ0) is 16.7. The zero-order valence-electron chi connectivity index (χ0n) is 13.6. The van der Waals surface area contributed by atoms with Crippen LogP contribution in [0.25, 0.3) is 0 Å². The summed E-state index contributed by atoms with van der Waals surface area (Å²) in [5.41, 5.74) is 0. The van der Waals surface area contributed by atoms with E-state index in [0.29, 0.717) is 18.0 Å². The van der Waals surface area contributed by atoms with Gasteiger partial charge in [-0.05, 0) is 50.1 Å². The third-order valence-corrected chi connectivity index (χ3v) is 8.37. The monoisotopic (exact) mass is 369 g/mol. The van der Waals surface area contributed by atoms with Crippen molar-refractivity contribution in [1.82, 2.24) is 14.5 Å². The van der Waals surface area contributed by atoms with Crippen molar-refractivity contribution < 1.29 is 13.2 Å². The number of rotatable bonds is 3. The van der Waals surface area contributed by atoms with Crippen molar-refractivity contribution in [3.8, 4) is 0 Å². The molecule has 4 heterocycles. The molecule has 3 aliphatic rings. The fraction of sp³-hybridized carbons (Fsp3) is 0.688. The Balaban J connectivity index is 1.66. The number of thiophene rings is 1. The molecule has 3 saturated heterocycles. The highest BCUT2D eigenvalue weighted by Gasteiger charge is 2.41. The quantitative estimate of drug-likeness (QED) is 0.877. The molecule has 1 amide bonds. The molecule has 0 aromatic carbocycles. The van der Waals surface area contributed by atoms with Gasteiger partial charge in [0.1, 0.15) is 9.77 Å². The van der Waals surface area contributed by atoms with Gasteiger partial charge in [-0.3, -0.25) is 4.79 Å². The van der Waals surface area contributed by atoms with E-state index in [1.165, 1.54) is 15.6 Å². The van der Waals surface area contributed by atoms with Gasteiger partial charge in [-0.25, -0.2) is 8.42 Å². The minimum Gasteiger partial charge on any atom is -0.331 e. The first-order valence-electron chi connectivity index (χ1n) is 8.70. The topological polar surface area (TPSA) is 69.7 Å². The molecule has 3 aliphatic heterocycles. The van der Waals surface area contributed by atoms with Crippen LogP contribution in [0, 0.1) is 0 Å². The summed E-state index contributed by atoms with van der Waals surface area (Å²) >= 11 is 1.26. The predicted molar refractivity (Wildman–Crippen MR) is 92.8 cm³/mol. The van der Waals surface area contributed by atoms with E-state index in [1.54, 1.807) is 11.4 Å². The molecule has 2 unspecified atom stereocenters. The van der Waals surface area contributed by atoms with Crippen molar-refractivity contribution in [3.63, 3.8) is 0 Å². The molecule has 1 N–H and O–H groups in total. The summed E-state index contributed by atoms with van der Waals surface area (Å²) in [6.07, 6.45) is 4.77. The van der Waals surface area contributed by atoms with Crippen LogP contribution in [0.1, 0.15) is 41.8 Å². The predicted octanol–water partition coefficient (Wildman–Crippen LogP) is 1.50. The maximum Gasteiger partial charge on any atom is 0.265 e. The van der Waals surface area contributed by atoms with E-state index in [9.17, 15) is 13.2 Å². The van der Waals surface area contributed by atoms with Crippen LogP contribution < -0.4 is 5.32 Å². The first-order chi connectivity index (χ1) is 11.6. The van der Waals surface area contributed by atoms with E-state index in [1.807, 2.05) is 4.90 Å². The molecule has 3 fully saturated rings. The molecule has 132 valence electrons. The van der Waals surface area contributed by atoms with Crippen LogP contribution in [0.5, 0.6) is 0 Å². The first kappa shape index (κ1) is 16.5. The summed E-state index contributed by atoms with van der Waals surface area (Å²) in [5, 5.41) is 5.11. The van der Waals surface area contributed by atoms with Crippen LogP contribution in [-0.4, -0.2) is 61.8 Å². The Bertz CT molecular complexity index is 711. The van der Waals surface area contributed by atoms with Gasteiger partial charge in [-0.2, -0.15) is 4.31 Å². The van der Waals surface area contributed by atoms with Gasteiger partial charge in [0.25, 0.3) is 5.91 Å². The number of hydrogen-bond donors (Lipinski definition) is 1. The second-order valence-electron chi connectivity index (χ2n) is 6.82. The lowest BCUT2D eigenvalue weighted by Crippen LogP contribution is -2.42. The van der Waals surface area contributed by atoms with Crippen LogP contribution in [0.2, 0.25) is 0 Å². The Morgan fingerprint density at radius 3 is 2.71 bits per heavy atom. The van der Waals surface area contributed by atoms with Crippen molar-refractivity contribution in [3.05, 3.63) is 16.3 Å². The lowest BCUT2D eigenvalue weighted by atomic mass is 10.1. The Morgan fingerprint density at radius 1 is 1.17 bits per heavy atom. The average molecular weight is 370 g/mol. The van der Waals surface area contributed by atoms with Gasteiger partial charge in [-0.1, -0.05) is 0 Å². The van der Waals surface area contributed by atoms with E-state index in [-0.39, 0.29) is 22.9 Å². The lowest BCUT2D eigenvalue weighted by Gasteiger charge is -2.28. The van der Waals surface area contributed by atoms with Crippen LogP contribution in [0.3, 0.4) is 0 Å². The molecule has 2 bridgehead atoms. The highest BCUT2D eigenvalue weighted by molar-refractivity contribution is 7.89. The van der Waals surface area contributed by atoms with Crippen LogP contribution in [0.15, 0.2) is 16.3 Å². The minimum atomic E-state index is -3.55. The summed E-state index contributed by atoms with van der Waals surface area (Å²) in [4.78, 5) is 15.7. The number of carbonyl (C=O) groups is 1. The second-order valence-corrected chi connectivity index (χ2v) is 9.64. The molecule has 8 heteroatoms. The van der Waals surface area contributed by atoms with Gasteiger partial charge in [0, 0.05) is 31.7 Å². The van der Waals surface area contributed by atoms with Gasteiger partial charge in [0.15, 0.2) is 0 Å². The Morgan fingerprint density at radius 2 is 1.92 bits per heavy atom. The number of sulfonamides is 1. The van der Waals surface area contributed by atoms with Crippen molar-refractivity contribution in [2.75, 3.05) is 26.2 Å². The van der Waals surface area contributed by atoms with Crippen LogP contribution in [-0.2, 0) is 10.0 Å². The molecule has 6 nitrogen and oxygen atoms in total. The van der Waals surface area contributed by atoms with Crippen molar-refractivity contribution >= 4 is 27.3 Å². The largest absolute Gasteiger partial charge is 0.331 e. The number of fused-ring (bicyclic) bond motifs is 2. The molecule has 24 heavy (non-hydrogen) atoms. The normalized spacial score (nSPS) is 28.2. The molecule has 2 atom stereocenters. The SMILES string of the molecule is O=C(c1sccc1S(=O)(=O)N1CCCC1)N1C2CCNCC1CC2. The fourth-order valence-corrected chi connectivity index (χ4v) is 7.01. The van der Waals surface area contributed by atoms with E-state index < -0.39 is 10.0 Å². The third-order valence-electron chi connectivity index (χ3n) is 5.39. The van der Waals surface area contributed by atoms with Gasteiger partial charge in [0.2, 0.25) is 10.0 Å². The number of hydrogen-bond acceptors (Lipinski definition) is 5. The molecule has 4 rings (SSSR count). The summed E-state index contributed by atoms with van der Waals surface area (Å²) in [6.45, 7) is 2.85. The molecule has 0 aliphatic carbocycles. The van der Waals surface area contributed by atoms with E-state index in [4.69, 9.17) is 0 Å². The molecular weight excluding hydrogens is 346 g/mol. The standard InChI is InChI=1S/C16H23N3O3S2/c20-16(19-12-3-4-13(19)11-17-7-5-12)15-14(6-10-23-15)24(21,22)18-8-1-2-9-18/h6,10,12-13,17H,1-5,7-9,11H2. The van der Waals surface area contributed by atoms with Crippen molar-refractivity contribution in [2.45, 2.75) is 49.1 Å². The molecule has 0 radical (unpaired) electrons. The molecule has 0 saturated carbocycles. The average Bonchev–Trinajstić information content (AvgIpc) is 3.26. The highest BCUT2D eigenvalue weighted by Crippen LogP contribution is 2.34. The van der Waals surface area contributed by atoms with Gasteiger partial charge >= 0.3 is 0 Å². The van der Waals surface area contributed by atoms with Gasteiger partial charge in [0.05, 0.1) is 0 Å². The first-order valence-corrected chi connectivity index (χ1v) is 11.0. The zero-order valence-corrected chi connectivity index (χ0v) is 15.2. The van der Waals surface area contributed by atoms with Crippen LogP contribution in [0.4, 0.5) is 0 Å². The van der Waals surface area contributed by atoms with E-state index in [0.717, 1.165) is 45.2 Å². The maximum atomic E-state index is 13.2. The smallest absolute Gasteiger partial charge is 0.265 e. The third kappa shape index (κ3) is 2.69. The van der Waals surface area contributed by atoms with Gasteiger partial charge < -0.3 is 10.2 Å². The fourth-order valence-electron chi connectivity index (χ4n) is 4.16. The van der Waals surface area contributed by atoms with Crippen molar-refractivity contribution in [1.29, 1.82) is 0 Å². The highest BCUT2D eigenvalue weighted by atomic mass is 32.2. The summed E-state index contributed by atoms with van der Waals surface area (Å²) in [6, 6.07) is 2.03. The summed E-state index contributed by atoms with van der Waals surface area (Å²) in [5.74, 6) is -0.0982. The molecule has 0 spiro atoms. The number of nitrogens with one attached hydrogen (secondary N) is 1. The lowest BCUT2D eigenvalue weighted by molar-refractivity contribution is 0.0681. The van der Waals surface area contributed by atoms with Crippen molar-refractivity contribution in [2.24, 2.45) is 0 Å². The number of amides is 1. The summed E-state index contributed by atoms with van der Waals surface area (Å²) in [7, 11) is -3.55. The van der Waals surface area contributed by atoms with Gasteiger partial charge in [-0.15, -0.1) is 11.3 Å². The van der Waals surface area contributed by atoms with E-state index >= 15 is 0 Å². The Kier molecular flexibility index (Phi) is 4.40. The number of carbonyl (C=O) groups excluding carboxylic acids is 1. The summed E-state index contributed by atoms with van der Waals surface area (Å²) < 4.78 is 27.3. The number of nitrogens with zero attached hydrogens (tertiary/aromatic N) is 2.